The van der Waals surface area contributed by atoms with Gasteiger partial charge in [0.2, 0.25) is 0 Å². The third-order valence-electron chi connectivity index (χ3n) is 4.97. The fourth-order valence-corrected chi connectivity index (χ4v) is 5.39. The molecule has 0 spiro atoms. The monoisotopic (exact) mass is 506 g/mol. The topological polar surface area (TPSA) is 112 Å². The first-order chi connectivity index (χ1) is 16.1. The van der Waals surface area contributed by atoms with Crippen LogP contribution in [-0.4, -0.2) is 32.6 Å². The van der Waals surface area contributed by atoms with E-state index in [-0.39, 0.29) is 45.1 Å². The molecule has 2 unspecified atom stereocenters. The van der Waals surface area contributed by atoms with Gasteiger partial charge < -0.3 is 19.1 Å². The number of methoxy groups -OCH3 is 2. The standard InChI is InChI=1S/C22H26N4O6S2/c1-8-14(2)13-34(28,29)22-11-17(24-5)16(23-4)10-18(22)25-26-33(27)32-21-9-15(3)19(30-6)12-20(21)31-7/h9-12,14,25-26H,8,13H2,1-3,6-7H3. The van der Waals surface area contributed by atoms with Crippen LogP contribution in [0.4, 0.5) is 17.1 Å². The molecule has 182 valence electrons. The largest absolute Gasteiger partial charge is 0.496 e. The van der Waals surface area contributed by atoms with Crippen molar-refractivity contribution in [2.45, 2.75) is 32.1 Å². The highest BCUT2D eigenvalue weighted by molar-refractivity contribution is 7.91. The predicted octanol–water partition coefficient (Wildman–Crippen LogP) is 4.51. The average molecular weight is 507 g/mol. The Hall–Kier alpha value is -3.32. The minimum atomic E-state index is -3.81. The van der Waals surface area contributed by atoms with E-state index in [2.05, 4.69) is 19.9 Å². The lowest BCUT2D eigenvalue weighted by Gasteiger charge is -2.17. The van der Waals surface area contributed by atoms with Gasteiger partial charge in [0.1, 0.15) is 5.75 Å². The number of ether oxygens (including phenoxy) is 2. The lowest BCUT2D eigenvalue weighted by atomic mass is 10.2. The molecule has 12 heteroatoms. The molecule has 2 atom stereocenters. The Morgan fingerprint density at radius 1 is 1.03 bits per heavy atom. The number of hydrogen-bond donors (Lipinski definition) is 2. The summed E-state index contributed by atoms with van der Waals surface area (Å²) < 4.78 is 54.5. The third-order valence-corrected chi connectivity index (χ3v) is 7.58. The van der Waals surface area contributed by atoms with Crippen molar-refractivity contribution in [2.75, 3.05) is 25.4 Å². The second-order valence-corrected chi connectivity index (χ2v) is 10.2. The van der Waals surface area contributed by atoms with Crippen molar-refractivity contribution in [1.29, 1.82) is 0 Å². The van der Waals surface area contributed by atoms with Crippen LogP contribution in [0, 0.1) is 26.0 Å². The molecule has 2 aromatic carbocycles. The highest BCUT2D eigenvalue weighted by Crippen LogP contribution is 2.38. The Morgan fingerprint density at radius 3 is 2.21 bits per heavy atom. The Labute approximate surface area is 202 Å². The Balaban J connectivity index is 2.35. The summed E-state index contributed by atoms with van der Waals surface area (Å²) in [6.45, 7) is 20.0. The summed E-state index contributed by atoms with van der Waals surface area (Å²) in [4.78, 5) is 8.76. The minimum Gasteiger partial charge on any atom is -0.496 e. The summed E-state index contributed by atoms with van der Waals surface area (Å²) in [5, 5.41) is 0. The maximum atomic E-state index is 13.0. The van der Waals surface area contributed by atoms with Gasteiger partial charge in [0.05, 0.1) is 43.7 Å². The first kappa shape index (κ1) is 26.9. The van der Waals surface area contributed by atoms with Crippen LogP contribution >= 0.6 is 0 Å². The summed E-state index contributed by atoms with van der Waals surface area (Å²) in [7, 11) is -0.882. The van der Waals surface area contributed by atoms with Crippen molar-refractivity contribution in [1.82, 2.24) is 4.83 Å². The van der Waals surface area contributed by atoms with Gasteiger partial charge in [-0.15, -0.1) is 4.83 Å². The van der Waals surface area contributed by atoms with Gasteiger partial charge in [0.25, 0.3) is 0 Å². The molecular formula is C22H26N4O6S2. The molecule has 0 amide bonds. The van der Waals surface area contributed by atoms with E-state index in [0.717, 1.165) is 11.6 Å². The fraction of sp³-hybridized carbons (Fsp3) is 0.364. The van der Waals surface area contributed by atoms with E-state index in [0.29, 0.717) is 12.2 Å². The molecule has 0 bridgehead atoms. The fourth-order valence-electron chi connectivity index (χ4n) is 2.96. The molecule has 0 aliphatic carbocycles. The first-order valence-corrected chi connectivity index (χ1v) is 12.8. The van der Waals surface area contributed by atoms with Gasteiger partial charge in [-0.1, -0.05) is 20.3 Å². The third kappa shape index (κ3) is 6.38. The van der Waals surface area contributed by atoms with Crippen LogP contribution in [0.25, 0.3) is 9.69 Å². The number of benzene rings is 2. The van der Waals surface area contributed by atoms with Gasteiger partial charge in [-0.2, -0.15) is 4.21 Å². The molecule has 0 aliphatic rings. The maximum absolute atomic E-state index is 13.0. The zero-order valence-corrected chi connectivity index (χ0v) is 21.1. The van der Waals surface area contributed by atoms with E-state index in [1.807, 2.05) is 6.92 Å². The summed E-state index contributed by atoms with van der Waals surface area (Å²) >= 11 is -2.18. The van der Waals surface area contributed by atoms with Gasteiger partial charge in [-0.05, 0) is 36.6 Å². The molecule has 0 fully saturated rings. The summed E-state index contributed by atoms with van der Waals surface area (Å²) in [5.74, 6) is 0.749. The summed E-state index contributed by atoms with van der Waals surface area (Å²) in [6.07, 6.45) is 0.650. The molecule has 2 N–H and O–H groups in total. The molecule has 10 nitrogen and oxygen atoms in total. The second kappa shape index (κ2) is 11.7. The molecule has 2 rings (SSSR count). The van der Waals surface area contributed by atoms with Crippen LogP contribution in [0.5, 0.6) is 17.2 Å². The highest BCUT2D eigenvalue weighted by atomic mass is 32.2. The van der Waals surface area contributed by atoms with Crippen LogP contribution in [0.1, 0.15) is 25.8 Å². The average Bonchev–Trinajstić information content (AvgIpc) is 2.81. The van der Waals surface area contributed by atoms with Gasteiger partial charge >= 0.3 is 11.3 Å². The van der Waals surface area contributed by atoms with Crippen LogP contribution in [0.2, 0.25) is 0 Å². The smallest absolute Gasteiger partial charge is 0.306 e. The summed E-state index contributed by atoms with van der Waals surface area (Å²) in [6, 6.07) is 5.55. The zero-order valence-electron chi connectivity index (χ0n) is 19.5. The number of sulfone groups is 1. The van der Waals surface area contributed by atoms with E-state index in [1.54, 1.807) is 26.0 Å². The van der Waals surface area contributed by atoms with Crippen molar-refractivity contribution < 1.29 is 26.3 Å². The van der Waals surface area contributed by atoms with Gasteiger partial charge in [-0.25, -0.2) is 8.42 Å². The zero-order chi connectivity index (χ0) is 25.5. The quantitative estimate of drug-likeness (QED) is 0.341. The minimum absolute atomic E-state index is 0.0171. The molecule has 0 saturated carbocycles. The Kier molecular flexibility index (Phi) is 9.27. The molecule has 34 heavy (non-hydrogen) atoms. The van der Waals surface area contributed by atoms with Crippen LogP contribution in [0.3, 0.4) is 0 Å². The molecule has 0 aliphatic heterocycles. The van der Waals surface area contributed by atoms with Crippen molar-refractivity contribution in [3.05, 3.63) is 52.7 Å². The normalized spacial score (nSPS) is 12.7. The summed E-state index contributed by atoms with van der Waals surface area (Å²) in [5.41, 5.74) is 3.14. The number of rotatable bonds is 11. The van der Waals surface area contributed by atoms with Crippen LogP contribution in [0.15, 0.2) is 29.2 Å². The van der Waals surface area contributed by atoms with Crippen molar-refractivity contribution >= 4 is 38.2 Å². The molecular weight excluding hydrogens is 480 g/mol. The van der Waals surface area contributed by atoms with Crippen molar-refractivity contribution in [3.63, 3.8) is 0 Å². The molecule has 0 heterocycles. The van der Waals surface area contributed by atoms with Crippen LogP contribution < -0.4 is 23.9 Å². The van der Waals surface area contributed by atoms with E-state index >= 15 is 0 Å². The number of hydrazine groups is 1. The Bertz CT molecular complexity index is 1270. The molecule has 0 saturated heterocycles. The van der Waals surface area contributed by atoms with Crippen LogP contribution in [-0.2, 0) is 21.1 Å². The Morgan fingerprint density at radius 2 is 1.65 bits per heavy atom. The maximum Gasteiger partial charge on any atom is 0.306 e. The van der Waals surface area contributed by atoms with Crippen molar-refractivity contribution in [3.8, 4) is 17.2 Å². The van der Waals surface area contributed by atoms with E-state index < -0.39 is 21.1 Å². The lowest BCUT2D eigenvalue weighted by molar-refractivity contribution is 0.380. The second-order valence-electron chi connectivity index (χ2n) is 7.37. The predicted molar refractivity (Wildman–Crippen MR) is 130 cm³/mol. The number of aryl methyl sites for hydroxylation is 1. The lowest BCUT2D eigenvalue weighted by Crippen LogP contribution is -2.29. The number of nitrogens with zero attached hydrogens (tertiary/aromatic N) is 2. The molecule has 2 aromatic rings. The number of anilines is 1. The van der Waals surface area contributed by atoms with E-state index in [1.165, 1.54) is 20.3 Å². The highest BCUT2D eigenvalue weighted by Gasteiger charge is 2.24. The van der Waals surface area contributed by atoms with Crippen molar-refractivity contribution in [2.24, 2.45) is 5.92 Å². The van der Waals surface area contributed by atoms with Gasteiger partial charge in [0, 0.05) is 6.07 Å². The molecule has 0 aromatic heterocycles. The molecule has 0 radical (unpaired) electrons. The van der Waals surface area contributed by atoms with Gasteiger partial charge in [-0.3, -0.25) is 9.69 Å². The SMILES string of the molecule is [C-]#[N+]c1cc(NNS(=O)Oc2cc(C)c(OC)cc2OC)c(S(=O)(=O)CC(C)CC)cc1[N+]#[C-]. The number of hydrogen-bond acceptors (Lipinski definition) is 7. The van der Waals surface area contributed by atoms with E-state index in [4.69, 9.17) is 26.8 Å². The first-order valence-electron chi connectivity index (χ1n) is 10.1. The van der Waals surface area contributed by atoms with Gasteiger partial charge in [0.15, 0.2) is 32.7 Å². The van der Waals surface area contributed by atoms with E-state index in [9.17, 15) is 12.6 Å². The number of nitrogens with one attached hydrogen (secondary N) is 2.